The molecule has 18 heavy (non-hydrogen) atoms. The third kappa shape index (κ3) is 3.00. The summed E-state index contributed by atoms with van der Waals surface area (Å²) >= 11 is 0. The highest BCUT2D eigenvalue weighted by Crippen LogP contribution is 2.29. The zero-order chi connectivity index (χ0) is 13.0. The van der Waals surface area contributed by atoms with Crippen LogP contribution in [0.5, 0.6) is 0 Å². The molecule has 1 amide bonds. The fourth-order valence-electron chi connectivity index (χ4n) is 2.48. The topological polar surface area (TPSA) is 54.0 Å². The molecule has 0 saturated heterocycles. The number of nitrogens with one attached hydrogen (secondary N) is 2. The highest BCUT2D eigenvalue weighted by atomic mass is 16.1. The number of carbonyl (C=O) groups is 1. The highest BCUT2D eigenvalue weighted by Gasteiger charge is 2.30. The summed E-state index contributed by atoms with van der Waals surface area (Å²) in [4.78, 5) is 16.4. The first-order valence-corrected chi connectivity index (χ1v) is 6.65. The summed E-state index contributed by atoms with van der Waals surface area (Å²) in [6.07, 6.45) is 6.23. The number of hydrogen-bond donors (Lipinski definition) is 2. The first kappa shape index (κ1) is 12.9. The molecule has 0 spiro atoms. The van der Waals surface area contributed by atoms with Crippen molar-refractivity contribution in [3.8, 4) is 0 Å². The van der Waals surface area contributed by atoms with Crippen LogP contribution < -0.4 is 10.6 Å². The van der Waals surface area contributed by atoms with E-state index in [9.17, 15) is 4.79 Å². The minimum absolute atomic E-state index is 0.000882. The van der Waals surface area contributed by atoms with Crippen molar-refractivity contribution < 1.29 is 4.79 Å². The van der Waals surface area contributed by atoms with E-state index in [2.05, 4.69) is 22.5 Å². The molecule has 0 unspecified atom stereocenters. The zero-order valence-electron chi connectivity index (χ0n) is 11.1. The number of amides is 1. The lowest BCUT2D eigenvalue weighted by Gasteiger charge is -2.25. The standard InChI is InChI=1S/C14H21N3O/c1-3-15-12-10-11(6-9-16-12)13(18)17-14(2)7-4-5-8-14/h6,9-10H,3-5,7-8H2,1-2H3,(H,15,16)(H,17,18). The van der Waals surface area contributed by atoms with E-state index in [1.807, 2.05) is 6.92 Å². The highest BCUT2D eigenvalue weighted by molar-refractivity contribution is 5.95. The summed E-state index contributed by atoms with van der Waals surface area (Å²) in [6, 6.07) is 3.56. The summed E-state index contributed by atoms with van der Waals surface area (Å²) in [7, 11) is 0. The molecular weight excluding hydrogens is 226 g/mol. The summed E-state index contributed by atoms with van der Waals surface area (Å²) in [5.41, 5.74) is 0.646. The molecule has 1 fully saturated rings. The molecule has 0 aliphatic heterocycles. The van der Waals surface area contributed by atoms with Gasteiger partial charge in [-0.15, -0.1) is 0 Å². The van der Waals surface area contributed by atoms with Gasteiger partial charge < -0.3 is 10.6 Å². The predicted molar refractivity (Wildman–Crippen MR) is 72.7 cm³/mol. The molecule has 1 aromatic heterocycles. The van der Waals surface area contributed by atoms with Gasteiger partial charge in [0.05, 0.1) is 0 Å². The maximum Gasteiger partial charge on any atom is 0.251 e. The van der Waals surface area contributed by atoms with Crippen molar-refractivity contribution in [1.29, 1.82) is 0 Å². The van der Waals surface area contributed by atoms with Crippen LogP contribution in [0.3, 0.4) is 0 Å². The summed E-state index contributed by atoms with van der Waals surface area (Å²) < 4.78 is 0. The van der Waals surface area contributed by atoms with Crippen LogP contribution in [-0.2, 0) is 0 Å². The van der Waals surface area contributed by atoms with E-state index in [0.29, 0.717) is 5.56 Å². The number of rotatable bonds is 4. The van der Waals surface area contributed by atoms with Crippen LogP contribution in [0.25, 0.3) is 0 Å². The number of anilines is 1. The van der Waals surface area contributed by atoms with Gasteiger partial charge in [-0.05, 0) is 38.8 Å². The molecule has 1 aromatic rings. The first-order valence-electron chi connectivity index (χ1n) is 6.65. The molecule has 4 nitrogen and oxygen atoms in total. The average Bonchev–Trinajstić information content (AvgIpc) is 2.76. The number of nitrogens with zero attached hydrogens (tertiary/aromatic N) is 1. The Morgan fingerprint density at radius 3 is 2.83 bits per heavy atom. The van der Waals surface area contributed by atoms with Crippen LogP contribution in [0.2, 0.25) is 0 Å². The van der Waals surface area contributed by atoms with Gasteiger partial charge in [0.15, 0.2) is 0 Å². The second kappa shape index (κ2) is 5.38. The smallest absolute Gasteiger partial charge is 0.251 e. The molecule has 0 bridgehead atoms. The molecule has 98 valence electrons. The SMILES string of the molecule is CCNc1cc(C(=O)NC2(C)CCCC2)ccn1. The Balaban J connectivity index is 2.06. The van der Waals surface area contributed by atoms with Gasteiger partial charge in [-0.3, -0.25) is 4.79 Å². The summed E-state index contributed by atoms with van der Waals surface area (Å²) in [5.74, 6) is 0.752. The minimum Gasteiger partial charge on any atom is -0.370 e. The van der Waals surface area contributed by atoms with Crippen LogP contribution in [0.15, 0.2) is 18.3 Å². The Morgan fingerprint density at radius 1 is 1.44 bits per heavy atom. The lowest BCUT2D eigenvalue weighted by Crippen LogP contribution is -2.43. The summed E-state index contributed by atoms with van der Waals surface area (Å²) in [6.45, 7) is 4.94. The van der Waals surface area contributed by atoms with E-state index < -0.39 is 0 Å². The lowest BCUT2D eigenvalue weighted by molar-refractivity contribution is 0.0908. The molecule has 2 rings (SSSR count). The molecule has 4 heteroatoms. The molecule has 0 aromatic carbocycles. The Bertz CT molecular complexity index is 425. The van der Waals surface area contributed by atoms with Crippen LogP contribution in [0.1, 0.15) is 49.9 Å². The zero-order valence-corrected chi connectivity index (χ0v) is 11.1. The number of carbonyl (C=O) groups excluding carboxylic acids is 1. The largest absolute Gasteiger partial charge is 0.370 e. The average molecular weight is 247 g/mol. The molecule has 1 saturated carbocycles. The lowest BCUT2D eigenvalue weighted by atomic mass is 10.00. The van der Waals surface area contributed by atoms with E-state index in [4.69, 9.17) is 0 Å². The maximum absolute atomic E-state index is 12.2. The van der Waals surface area contributed by atoms with Gasteiger partial charge >= 0.3 is 0 Å². The van der Waals surface area contributed by atoms with Crippen LogP contribution >= 0.6 is 0 Å². The van der Waals surface area contributed by atoms with Gasteiger partial charge in [-0.2, -0.15) is 0 Å². The van der Waals surface area contributed by atoms with Gasteiger partial charge in [0, 0.05) is 23.8 Å². The van der Waals surface area contributed by atoms with Gasteiger partial charge in [-0.25, -0.2) is 4.98 Å². The van der Waals surface area contributed by atoms with Gasteiger partial charge in [0.1, 0.15) is 5.82 Å². The molecular formula is C14H21N3O. The van der Waals surface area contributed by atoms with Gasteiger partial charge in [-0.1, -0.05) is 12.8 Å². The van der Waals surface area contributed by atoms with E-state index in [-0.39, 0.29) is 11.4 Å². The molecule has 1 aliphatic rings. The second-order valence-corrected chi connectivity index (χ2v) is 5.18. The van der Waals surface area contributed by atoms with Crippen molar-refractivity contribution in [1.82, 2.24) is 10.3 Å². The molecule has 0 atom stereocenters. The fraction of sp³-hybridized carbons (Fsp3) is 0.571. The molecule has 1 aliphatic carbocycles. The van der Waals surface area contributed by atoms with Gasteiger partial charge in [0.25, 0.3) is 5.91 Å². The van der Waals surface area contributed by atoms with Crippen LogP contribution in [0, 0.1) is 0 Å². The second-order valence-electron chi connectivity index (χ2n) is 5.18. The number of hydrogen-bond acceptors (Lipinski definition) is 3. The Labute approximate surface area is 108 Å². The van der Waals surface area contributed by atoms with E-state index >= 15 is 0 Å². The monoisotopic (exact) mass is 247 g/mol. The normalized spacial score (nSPS) is 17.4. The van der Waals surface area contributed by atoms with Crippen molar-refractivity contribution in [2.75, 3.05) is 11.9 Å². The Morgan fingerprint density at radius 2 is 2.17 bits per heavy atom. The first-order chi connectivity index (χ1) is 8.63. The summed E-state index contributed by atoms with van der Waals surface area (Å²) in [5, 5.41) is 6.26. The number of pyridine rings is 1. The molecule has 2 N–H and O–H groups in total. The van der Waals surface area contributed by atoms with E-state index in [0.717, 1.165) is 25.2 Å². The third-order valence-electron chi connectivity index (χ3n) is 3.50. The van der Waals surface area contributed by atoms with Crippen LogP contribution in [-0.4, -0.2) is 23.0 Å². The van der Waals surface area contributed by atoms with Crippen molar-refractivity contribution in [3.63, 3.8) is 0 Å². The fourth-order valence-corrected chi connectivity index (χ4v) is 2.48. The van der Waals surface area contributed by atoms with Crippen molar-refractivity contribution >= 4 is 11.7 Å². The van der Waals surface area contributed by atoms with Crippen LogP contribution in [0.4, 0.5) is 5.82 Å². The third-order valence-corrected chi connectivity index (χ3v) is 3.50. The predicted octanol–water partition coefficient (Wildman–Crippen LogP) is 2.58. The number of aromatic nitrogens is 1. The Hall–Kier alpha value is -1.58. The Kier molecular flexibility index (Phi) is 3.84. The van der Waals surface area contributed by atoms with E-state index in [1.54, 1.807) is 18.3 Å². The minimum atomic E-state index is -0.0291. The maximum atomic E-state index is 12.2. The van der Waals surface area contributed by atoms with E-state index in [1.165, 1.54) is 12.8 Å². The quantitative estimate of drug-likeness (QED) is 0.859. The molecule has 0 radical (unpaired) electrons. The van der Waals surface area contributed by atoms with Crippen molar-refractivity contribution in [3.05, 3.63) is 23.9 Å². The van der Waals surface area contributed by atoms with Gasteiger partial charge in [0.2, 0.25) is 0 Å². The van der Waals surface area contributed by atoms with Crippen molar-refractivity contribution in [2.45, 2.75) is 45.1 Å². The molecule has 1 heterocycles. The van der Waals surface area contributed by atoms with Crippen molar-refractivity contribution in [2.24, 2.45) is 0 Å².